The van der Waals surface area contributed by atoms with Crippen LogP contribution in [0.3, 0.4) is 0 Å². The summed E-state index contributed by atoms with van der Waals surface area (Å²) in [4.78, 5) is 19.1. The third-order valence-electron chi connectivity index (χ3n) is 3.57. The number of nitrogens with two attached hydrogens (primary N) is 2. The van der Waals surface area contributed by atoms with E-state index in [1.165, 1.54) is 11.3 Å². The van der Waals surface area contributed by atoms with E-state index in [9.17, 15) is 4.79 Å². The van der Waals surface area contributed by atoms with Gasteiger partial charge in [0.25, 0.3) is 5.91 Å². The first-order chi connectivity index (χ1) is 9.82. The van der Waals surface area contributed by atoms with Crippen LogP contribution in [-0.2, 0) is 0 Å². The zero-order valence-corrected chi connectivity index (χ0v) is 14.3. The summed E-state index contributed by atoms with van der Waals surface area (Å²) in [7, 11) is 0. The molecule has 1 amide bonds. The van der Waals surface area contributed by atoms with Gasteiger partial charge in [-0.3, -0.25) is 4.79 Å². The molecule has 1 unspecified atom stereocenters. The van der Waals surface area contributed by atoms with Crippen LogP contribution in [-0.4, -0.2) is 47.6 Å². The Morgan fingerprint density at radius 2 is 2.33 bits per heavy atom. The van der Waals surface area contributed by atoms with Crippen LogP contribution < -0.4 is 21.7 Å². The van der Waals surface area contributed by atoms with Crippen LogP contribution >= 0.6 is 23.1 Å². The summed E-state index contributed by atoms with van der Waals surface area (Å²) < 4.78 is -0.000334. The van der Waals surface area contributed by atoms with E-state index >= 15 is 0 Å². The van der Waals surface area contributed by atoms with E-state index in [0.717, 1.165) is 24.6 Å². The summed E-state index contributed by atoms with van der Waals surface area (Å²) in [6.07, 6.45) is 2.98. The van der Waals surface area contributed by atoms with Crippen LogP contribution in [0.1, 0.15) is 29.9 Å². The van der Waals surface area contributed by atoms with E-state index in [1.54, 1.807) is 11.8 Å². The lowest BCUT2D eigenvalue weighted by atomic mass is 10.2. The minimum atomic E-state index is -0.151. The van der Waals surface area contributed by atoms with Gasteiger partial charge in [-0.05, 0) is 26.5 Å². The number of nitrogens with zero attached hydrogens (tertiary/aromatic N) is 2. The number of nitrogen functional groups attached to an aromatic ring is 1. The molecule has 0 aromatic carbocycles. The maximum absolute atomic E-state index is 12.2. The Bertz CT molecular complexity index is 517. The molecule has 0 bridgehead atoms. The van der Waals surface area contributed by atoms with Gasteiger partial charge in [0.15, 0.2) is 5.13 Å². The highest BCUT2D eigenvalue weighted by atomic mass is 32.2. The molecule has 1 fully saturated rings. The van der Waals surface area contributed by atoms with E-state index in [4.69, 9.17) is 11.5 Å². The Balaban J connectivity index is 2.03. The molecule has 0 spiro atoms. The number of thiazole rings is 1. The first-order valence-corrected chi connectivity index (χ1v) is 8.96. The molecule has 6 nitrogen and oxygen atoms in total. The molecule has 1 saturated heterocycles. The van der Waals surface area contributed by atoms with E-state index in [-0.39, 0.29) is 16.7 Å². The molecule has 0 saturated carbocycles. The van der Waals surface area contributed by atoms with Gasteiger partial charge in [0.1, 0.15) is 10.7 Å². The number of aromatic nitrogens is 1. The average Bonchev–Trinajstić information content (AvgIpc) is 3.02. The van der Waals surface area contributed by atoms with E-state index < -0.39 is 0 Å². The van der Waals surface area contributed by atoms with Gasteiger partial charge < -0.3 is 21.7 Å². The summed E-state index contributed by atoms with van der Waals surface area (Å²) >= 11 is 3.05. The Morgan fingerprint density at radius 3 is 2.90 bits per heavy atom. The highest BCUT2D eigenvalue weighted by Crippen LogP contribution is 2.30. The summed E-state index contributed by atoms with van der Waals surface area (Å²) in [6.45, 7) is 6.41. The fraction of sp³-hybridized carbons (Fsp3) is 0.692. The third-order valence-corrected chi connectivity index (χ3v) is 5.95. The molecular weight excluding hydrogens is 306 g/mol. The summed E-state index contributed by atoms with van der Waals surface area (Å²) in [5, 5.41) is 3.72. The maximum Gasteiger partial charge on any atom is 0.265 e. The van der Waals surface area contributed by atoms with Crippen molar-refractivity contribution in [2.24, 2.45) is 5.73 Å². The Hall–Kier alpha value is -0.990. The monoisotopic (exact) mass is 329 g/mol. The molecule has 2 heterocycles. The molecular formula is C13H23N5OS2. The third kappa shape index (κ3) is 4.02. The Kier molecular flexibility index (Phi) is 5.00. The number of nitrogens with one attached hydrogen (secondary N) is 1. The van der Waals surface area contributed by atoms with Crippen LogP contribution in [0.2, 0.25) is 0 Å². The minimum Gasteiger partial charge on any atom is -0.382 e. The first kappa shape index (κ1) is 16.4. The van der Waals surface area contributed by atoms with Gasteiger partial charge in [-0.25, -0.2) is 4.98 Å². The van der Waals surface area contributed by atoms with Gasteiger partial charge in [-0.15, -0.1) is 0 Å². The van der Waals surface area contributed by atoms with Crippen molar-refractivity contribution in [3.63, 3.8) is 0 Å². The van der Waals surface area contributed by atoms with Crippen molar-refractivity contribution in [2.45, 2.75) is 31.1 Å². The van der Waals surface area contributed by atoms with Gasteiger partial charge in [0, 0.05) is 30.4 Å². The second-order valence-corrected chi connectivity index (χ2v) is 8.34. The molecule has 21 heavy (non-hydrogen) atoms. The van der Waals surface area contributed by atoms with Crippen LogP contribution in [0.15, 0.2) is 0 Å². The van der Waals surface area contributed by atoms with Gasteiger partial charge in [0.2, 0.25) is 0 Å². The molecule has 1 aromatic heterocycles. The van der Waals surface area contributed by atoms with Crippen LogP contribution in [0.25, 0.3) is 0 Å². The first-order valence-electron chi connectivity index (χ1n) is 6.92. The topological polar surface area (TPSA) is 97.3 Å². The Morgan fingerprint density at radius 1 is 1.62 bits per heavy atom. The van der Waals surface area contributed by atoms with Crippen LogP contribution in [0, 0.1) is 0 Å². The van der Waals surface area contributed by atoms with Crippen molar-refractivity contribution < 1.29 is 4.79 Å². The van der Waals surface area contributed by atoms with Crippen molar-refractivity contribution in [3.8, 4) is 0 Å². The number of hydrogen-bond donors (Lipinski definition) is 3. The fourth-order valence-corrected chi connectivity index (χ4v) is 3.18. The number of rotatable bonds is 5. The quantitative estimate of drug-likeness (QED) is 0.749. The van der Waals surface area contributed by atoms with E-state index in [0.29, 0.717) is 17.2 Å². The van der Waals surface area contributed by atoms with Crippen molar-refractivity contribution >= 4 is 40.0 Å². The smallest absolute Gasteiger partial charge is 0.265 e. The second-order valence-electron chi connectivity index (χ2n) is 5.85. The predicted octanol–water partition coefficient (Wildman–Crippen LogP) is 1.13. The Labute approximate surface area is 133 Å². The molecule has 1 aromatic rings. The van der Waals surface area contributed by atoms with Gasteiger partial charge in [0.05, 0.1) is 0 Å². The maximum atomic E-state index is 12.2. The molecule has 2 rings (SSSR count). The van der Waals surface area contributed by atoms with Crippen molar-refractivity contribution in [1.82, 2.24) is 10.3 Å². The summed E-state index contributed by atoms with van der Waals surface area (Å²) in [5.41, 5.74) is 11.8. The minimum absolute atomic E-state index is 0.000334. The van der Waals surface area contributed by atoms with Crippen molar-refractivity contribution in [1.29, 1.82) is 0 Å². The average molecular weight is 329 g/mol. The molecule has 1 atom stereocenters. The largest absolute Gasteiger partial charge is 0.382 e. The summed E-state index contributed by atoms with van der Waals surface area (Å²) in [5.74, 6) is 0.150. The normalized spacial score (nSPS) is 19.0. The fourth-order valence-electron chi connectivity index (χ4n) is 2.02. The highest BCUT2D eigenvalue weighted by Gasteiger charge is 2.25. The van der Waals surface area contributed by atoms with E-state index in [1.807, 2.05) is 6.26 Å². The molecule has 118 valence electrons. The lowest BCUT2D eigenvalue weighted by molar-refractivity contribution is 0.0955. The zero-order chi connectivity index (χ0) is 15.6. The standard InChI is InChI=1S/C13H23N5OS2/c1-13(2,20-3)7-16-11(19)9-10(15)17-12(21-9)18-5-4-8(14)6-18/h8H,4-7,14-15H2,1-3H3,(H,16,19). The van der Waals surface area contributed by atoms with Crippen LogP contribution in [0.4, 0.5) is 10.9 Å². The predicted molar refractivity (Wildman–Crippen MR) is 91.3 cm³/mol. The van der Waals surface area contributed by atoms with Crippen LogP contribution in [0.5, 0.6) is 0 Å². The zero-order valence-electron chi connectivity index (χ0n) is 12.7. The number of carbonyl (C=O) groups excluding carboxylic acids is 1. The molecule has 1 aliphatic heterocycles. The number of anilines is 2. The molecule has 5 N–H and O–H groups in total. The molecule has 1 aliphatic rings. The van der Waals surface area contributed by atoms with Gasteiger partial charge in [-0.1, -0.05) is 11.3 Å². The highest BCUT2D eigenvalue weighted by molar-refractivity contribution is 7.99. The van der Waals surface area contributed by atoms with Crippen molar-refractivity contribution in [3.05, 3.63) is 4.88 Å². The van der Waals surface area contributed by atoms with E-state index in [2.05, 4.69) is 29.0 Å². The molecule has 0 radical (unpaired) electrons. The second kappa shape index (κ2) is 6.41. The molecule has 0 aliphatic carbocycles. The van der Waals surface area contributed by atoms with Crippen molar-refractivity contribution in [2.75, 3.05) is 36.5 Å². The van der Waals surface area contributed by atoms with Gasteiger partial charge >= 0.3 is 0 Å². The number of hydrogen-bond acceptors (Lipinski definition) is 7. The lowest BCUT2D eigenvalue weighted by Crippen LogP contribution is -2.36. The number of carbonyl (C=O) groups is 1. The molecule has 8 heteroatoms. The number of amides is 1. The number of thioether (sulfide) groups is 1. The SMILES string of the molecule is CSC(C)(C)CNC(=O)c1sc(N2CCC(N)C2)nc1N. The van der Waals surface area contributed by atoms with Gasteiger partial charge in [-0.2, -0.15) is 11.8 Å². The summed E-state index contributed by atoms with van der Waals surface area (Å²) in [6, 6.07) is 0.176. The lowest BCUT2D eigenvalue weighted by Gasteiger charge is -2.21.